The number of ether oxygens (including phenoxy) is 1. The number of hydrogen-bond donors (Lipinski definition) is 1. The zero-order valence-corrected chi connectivity index (χ0v) is 15.0. The van der Waals surface area contributed by atoms with Gasteiger partial charge in [-0.05, 0) is 31.7 Å². The van der Waals surface area contributed by atoms with Gasteiger partial charge in [0, 0.05) is 30.6 Å². The highest BCUT2D eigenvalue weighted by Crippen LogP contribution is 2.41. The lowest BCUT2D eigenvalue weighted by molar-refractivity contribution is 0.193. The highest BCUT2D eigenvalue weighted by Gasteiger charge is 2.35. The normalized spacial score (nSPS) is 22.2. The van der Waals surface area contributed by atoms with Crippen LogP contribution in [0, 0.1) is 6.92 Å². The molecule has 1 saturated heterocycles. The Kier molecular flexibility index (Phi) is 4.71. The summed E-state index contributed by atoms with van der Waals surface area (Å²) in [5.74, 6) is 2.21. The van der Waals surface area contributed by atoms with Gasteiger partial charge in [0.15, 0.2) is 0 Å². The van der Waals surface area contributed by atoms with Crippen LogP contribution in [0.3, 0.4) is 0 Å². The van der Waals surface area contributed by atoms with E-state index in [2.05, 4.69) is 51.7 Å². The number of hydrogen-bond acceptors (Lipinski definition) is 4. The zero-order valence-electron chi connectivity index (χ0n) is 15.0. The second kappa shape index (κ2) is 7.12. The molecule has 1 atom stereocenters. The summed E-state index contributed by atoms with van der Waals surface area (Å²) in [5.41, 5.74) is 2.80. The molecule has 4 rings (SSSR count). The molecule has 0 spiro atoms. The average molecular weight is 337 g/mol. The van der Waals surface area contributed by atoms with Gasteiger partial charge >= 0.3 is 0 Å². The summed E-state index contributed by atoms with van der Waals surface area (Å²) in [6.07, 6.45) is 6.17. The Morgan fingerprint density at radius 3 is 2.68 bits per heavy atom. The summed E-state index contributed by atoms with van der Waals surface area (Å²) in [4.78, 5) is 9.27. The molecule has 0 amide bonds. The fourth-order valence-corrected chi connectivity index (χ4v) is 4.33. The predicted octanol–water partition coefficient (Wildman–Crippen LogP) is 4.21. The quantitative estimate of drug-likeness (QED) is 0.888. The Hall–Kier alpha value is -1.94. The minimum absolute atomic E-state index is 0.233. The van der Waals surface area contributed by atoms with Gasteiger partial charge in [-0.3, -0.25) is 0 Å². The second-order valence-corrected chi connectivity index (χ2v) is 7.49. The molecule has 1 N–H and O–H groups in total. The van der Waals surface area contributed by atoms with Gasteiger partial charge in [0.2, 0.25) is 0 Å². The average Bonchev–Trinajstić information content (AvgIpc) is 3.33. The molecule has 2 heterocycles. The maximum atomic E-state index is 5.53. The number of rotatable bonds is 5. The zero-order chi connectivity index (χ0) is 17.1. The molecular formula is C21H27N3O. The van der Waals surface area contributed by atoms with Crippen LogP contribution >= 0.6 is 0 Å². The van der Waals surface area contributed by atoms with Gasteiger partial charge in [0.1, 0.15) is 11.6 Å². The van der Waals surface area contributed by atoms with Crippen LogP contribution in [0.1, 0.15) is 55.1 Å². The Morgan fingerprint density at radius 2 is 1.96 bits per heavy atom. The van der Waals surface area contributed by atoms with Crippen LogP contribution in [0.5, 0.6) is 0 Å². The third kappa shape index (κ3) is 3.54. The number of benzene rings is 1. The van der Waals surface area contributed by atoms with E-state index in [4.69, 9.17) is 4.74 Å². The molecule has 2 aliphatic rings. The molecule has 2 fully saturated rings. The van der Waals surface area contributed by atoms with Crippen LogP contribution in [-0.4, -0.2) is 29.7 Å². The van der Waals surface area contributed by atoms with Crippen molar-refractivity contribution >= 4 is 5.82 Å². The lowest BCUT2D eigenvalue weighted by Crippen LogP contribution is -2.31. The monoisotopic (exact) mass is 337 g/mol. The fraction of sp³-hybridized carbons (Fsp3) is 0.524. The first-order valence-electron chi connectivity index (χ1n) is 9.48. The molecule has 1 saturated carbocycles. The summed E-state index contributed by atoms with van der Waals surface area (Å²) in [6.45, 7) is 4.54. The van der Waals surface area contributed by atoms with E-state index in [1.165, 1.54) is 31.2 Å². The van der Waals surface area contributed by atoms with Gasteiger partial charge in [-0.1, -0.05) is 43.2 Å². The van der Waals surface area contributed by atoms with Crippen LogP contribution in [0.2, 0.25) is 0 Å². The molecule has 0 bridgehead atoms. The first kappa shape index (κ1) is 16.5. The van der Waals surface area contributed by atoms with Crippen LogP contribution in [0.25, 0.3) is 0 Å². The Labute approximate surface area is 150 Å². The Morgan fingerprint density at radius 1 is 1.16 bits per heavy atom. The smallest absolute Gasteiger partial charge is 0.129 e. The molecule has 1 aliphatic carbocycles. The van der Waals surface area contributed by atoms with E-state index in [9.17, 15) is 0 Å². The van der Waals surface area contributed by atoms with Crippen LogP contribution < -0.4 is 5.32 Å². The minimum atomic E-state index is 0.233. The van der Waals surface area contributed by atoms with Crippen molar-refractivity contribution in [2.75, 3.05) is 25.1 Å². The van der Waals surface area contributed by atoms with E-state index in [0.29, 0.717) is 5.92 Å². The van der Waals surface area contributed by atoms with Crippen molar-refractivity contribution in [1.82, 2.24) is 9.97 Å². The van der Waals surface area contributed by atoms with E-state index in [1.54, 1.807) is 0 Å². The van der Waals surface area contributed by atoms with Crippen LogP contribution in [0.15, 0.2) is 36.4 Å². The molecule has 132 valence electrons. The molecule has 0 unspecified atom stereocenters. The van der Waals surface area contributed by atoms with Crippen molar-refractivity contribution in [2.45, 2.75) is 50.4 Å². The fourth-order valence-electron chi connectivity index (χ4n) is 4.33. The molecule has 4 heteroatoms. The van der Waals surface area contributed by atoms with E-state index in [-0.39, 0.29) is 5.41 Å². The maximum absolute atomic E-state index is 5.53. The van der Waals surface area contributed by atoms with Crippen molar-refractivity contribution in [3.05, 3.63) is 53.5 Å². The highest BCUT2D eigenvalue weighted by atomic mass is 16.5. The van der Waals surface area contributed by atoms with E-state index in [1.807, 2.05) is 6.92 Å². The van der Waals surface area contributed by atoms with Gasteiger partial charge in [-0.2, -0.15) is 0 Å². The molecule has 1 aromatic carbocycles. The van der Waals surface area contributed by atoms with Crippen molar-refractivity contribution in [3.63, 3.8) is 0 Å². The van der Waals surface area contributed by atoms with Gasteiger partial charge in [-0.25, -0.2) is 9.97 Å². The lowest BCUT2D eigenvalue weighted by Gasteiger charge is -2.30. The van der Waals surface area contributed by atoms with Crippen LogP contribution in [0.4, 0.5) is 5.82 Å². The lowest BCUT2D eigenvalue weighted by atomic mass is 9.79. The first-order chi connectivity index (χ1) is 12.3. The summed E-state index contributed by atoms with van der Waals surface area (Å²) < 4.78 is 5.53. The Bertz CT molecular complexity index is 704. The summed E-state index contributed by atoms with van der Waals surface area (Å²) in [6, 6.07) is 13.1. The van der Waals surface area contributed by atoms with E-state index >= 15 is 0 Å². The molecular weight excluding hydrogens is 310 g/mol. The number of aryl methyl sites for hydroxylation is 1. The maximum Gasteiger partial charge on any atom is 0.129 e. The van der Waals surface area contributed by atoms with Crippen molar-refractivity contribution < 1.29 is 4.74 Å². The van der Waals surface area contributed by atoms with E-state index in [0.717, 1.165) is 43.5 Å². The SMILES string of the molecule is Cc1nc(NCC2(c3ccccc3)CCCC2)cc([C@H]2CCOC2)n1. The van der Waals surface area contributed by atoms with Gasteiger partial charge in [0.25, 0.3) is 0 Å². The minimum Gasteiger partial charge on any atom is -0.381 e. The molecule has 4 nitrogen and oxygen atoms in total. The number of nitrogens with one attached hydrogen (secondary N) is 1. The van der Waals surface area contributed by atoms with Crippen LogP contribution in [-0.2, 0) is 10.2 Å². The van der Waals surface area contributed by atoms with Crippen molar-refractivity contribution in [3.8, 4) is 0 Å². The molecule has 1 aromatic heterocycles. The van der Waals surface area contributed by atoms with Crippen molar-refractivity contribution in [2.24, 2.45) is 0 Å². The summed E-state index contributed by atoms with van der Waals surface area (Å²) in [7, 11) is 0. The first-order valence-corrected chi connectivity index (χ1v) is 9.48. The van der Waals surface area contributed by atoms with Gasteiger partial charge in [0.05, 0.1) is 12.3 Å². The third-order valence-corrected chi connectivity index (χ3v) is 5.76. The molecule has 2 aromatic rings. The third-order valence-electron chi connectivity index (χ3n) is 5.76. The number of anilines is 1. The Balaban J connectivity index is 1.53. The molecule has 1 aliphatic heterocycles. The summed E-state index contributed by atoms with van der Waals surface area (Å²) in [5, 5.41) is 3.64. The van der Waals surface area contributed by atoms with Gasteiger partial charge in [-0.15, -0.1) is 0 Å². The topological polar surface area (TPSA) is 47.0 Å². The van der Waals surface area contributed by atoms with Gasteiger partial charge < -0.3 is 10.1 Å². The summed E-state index contributed by atoms with van der Waals surface area (Å²) >= 11 is 0. The standard InChI is InChI=1S/C21H27N3O/c1-16-23-19(17-9-12-25-14-17)13-20(24-16)22-15-21(10-5-6-11-21)18-7-3-2-4-8-18/h2-4,7-8,13,17H,5-6,9-12,14-15H2,1H3,(H,22,23,24)/t17-/m0/s1. The van der Waals surface area contributed by atoms with E-state index < -0.39 is 0 Å². The largest absolute Gasteiger partial charge is 0.381 e. The molecule has 0 radical (unpaired) electrons. The molecule has 25 heavy (non-hydrogen) atoms. The number of aromatic nitrogens is 2. The van der Waals surface area contributed by atoms with Crippen molar-refractivity contribution in [1.29, 1.82) is 0 Å². The second-order valence-electron chi connectivity index (χ2n) is 7.49. The predicted molar refractivity (Wildman–Crippen MR) is 100 cm³/mol. The highest BCUT2D eigenvalue weighted by molar-refractivity contribution is 5.40. The number of nitrogens with zero attached hydrogens (tertiary/aromatic N) is 2.